The number of hydrogen-bond donors (Lipinski definition) is 1. The Morgan fingerprint density at radius 2 is 2.18 bits per heavy atom. The summed E-state index contributed by atoms with van der Waals surface area (Å²) >= 11 is 1.84. The Morgan fingerprint density at radius 3 is 2.88 bits per heavy atom. The minimum absolute atomic E-state index is 0.327. The van der Waals surface area contributed by atoms with Crippen LogP contribution in [-0.2, 0) is 6.42 Å². The van der Waals surface area contributed by atoms with E-state index in [0.29, 0.717) is 6.04 Å². The number of nitrogens with two attached hydrogens (primary N) is 1. The van der Waals surface area contributed by atoms with Gasteiger partial charge in [0.1, 0.15) is 0 Å². The standard InChI is InChI=1S/C14H24N2S/c1-11(15)6-5-9-14-16-13(10-17-14)12-7-3-2-4-8-12/h10-12H,2-9,15H2,1H3. The van der Waals surface area contributed by atoms with Crippen LogP contribution in [0.15, 0.2) is 5.38 Å². The molecule has 2 nitrogen and oxygen atoms in total. The molecule has 1 saturated carbocycles. The fraction of sp³-hybridized carbons (Fsp3) is 0.786. The molecule has 1 unspecified atom stereocenters. The van der Waals surface area contributed by atoms with E-state index in [0.717, 1.165) is 18.8 Å². The molecule has 96 valence electrons. The minimum atomic E-state index is 0.327. The van der Waals surface area contributed by atoms with Crippen molar-refractivity contribution in [2.45, 2.75) is 70.3 Å². The Morgan fingerprint density at radius 1 is 1.41 bits per heavy atom. The highest BCUT2D eigenvalue weighted by molar-refractivity contribution is 7.09. The number of rotatable bonds is 5. The molecule has 1 aromatic rings. The summed E-state index contributed by atoms with van der Waals surface area (Å²) in [6.45, 7) is 2.08. The van der Waals surface area contributed by atoms with E-state index in [1.54, 1.807) is 0 Å². The second kappa shape index (κ2) is 6.50. The summed E-state index contributed by atoms with van der Waals surface area (Å²) in [5.41, 5.74) is 7.13. The Hall–Kier alpha value is -0.410. The van der Waals surface area contributed by atoms with Crippen LogP contribution < -0.4 is 5.73 Å². The molecule has 0 saturated heterocycles. The molecule has 0 aromatic carbocycles. The number of thiazole rings is 1. The van der Waals surface area contributed by atoms with Crippen molar-refractivity contribution in [1.29, 1.82) is 0 Å². The molecule has 1 aliphatic carbocycles. The van der Waals surface area contributed by atoms with Crippen LogP contribution in [0.5, 0.6) is 0 Å². The second-order valence-electron chi connectivity index (χ2n) is 5.37. The summed E-state index contributed by atoms with van der Waals surface area (Å²) < 4.78 is 0. The molecule has 1 heterocycles. The molecule has 1 aliphatic rings. The predicted molar refractivity (Wildman–Crippen MR) is 74.5 cm³/mol. The quantitative estimate of drug-likeness (QED) is 0.864. The van der Waals surface area contributed by atoms with Crippen molar-refractivity contribution >= 4 is 11.3 Å². The summed E-state index contributed by atoms with van der Waals surface area (Å²) in [6, 6.07) is 0.327. The van der Waals surface area contributed by atoms with Crippen LogP contribution in [0.1, 0.15) is 68.5 Å². The number of aromatic nitrogens is 1. The predicted octanol–water partition coefficient (Wildman–Crippen LogP) is 3.86. The highest BCUT2D eigenvalue weighted by Crippen LogP contribution is 2.33. The molecule has 0 radical (unpaired) electrons. The van der Waals surface area contributed by atoms with Gasteiger partial charge < -0.3 is 5.73 Å². The molecule has 0 spiro atoms. The fourth-order valence-corrected chi connectivity index (χ4v) is 3.52. The number of aryl methyl sites for hydroxylation is 1. The molecule has 0 bridgehead atoms. The van der Waals surface area contributed by atoms with Crippen molar-refractivity contribution in [2.75, 3.05) is 0 Å². The summed E-state index contributed by atoms with van der Waals surface area (Å²) in [5, 5.41) is 3.60. The Labute approximate surface area is 109 Å². The molecule has 2 rings (SSSR count). The number of nitrogens with zero attached hydrogens (tertiary/aromatic N) is 1. The van der Waals surface area contributed by atoms with Crippen molar-refractivity contribution < 1.29 is 0 Å². The second-order valence-corrected chi connectivity index (χ2v) is 6.31. The van der Waals surface area contributed by atoms with Crippen molar-refractivity contribution in [3.8, 4) is 0 Å². The van der Waals surface area contributed by atoms with Gasteiger partial charge in [0, 0.05) is 17.3 Å². The first-order valence-electron chi connectivity index (χ1n) is 6.95. The topological polar surface area (TPSA) is 38.9 Å². The minimum Gasteiger partial charge on any atom is -0.328 e. The van der Waals surface area contributed by atoms with Crippen LogP contribution >= 0.6 is 11.3 Å². The van der Waals surface area contributed by atoms with Gasteiger partial charge in [0.2, 0.25) is 0 Å². The molecule has 0 aliphatic heterocycles. The van der Waals surface area contributed by atoms with Crippen LogP contribution in [0.3, 0.4) is 0 Å². The van der Waals surface area contributed by atoms with Crippen LogP contribution in [0, 0.1) is 0 Å². The normalized spacial score (nSPS) is 19.4. The van der Waals surface area contributed by atoms with Crippen molar-refractivity contribution in [3.05, 3.63) is 16.1 Å². The van der Waals surface area contributed by atoms with E-state index in [9.17, 15) is 0 Å². The lowest BCUT2D eigenvalue weighted by atomic mass is 9.87. The third kappa shape index (κ3) is 4.07. The SMILES string of the molecule is CC(N)CCCc1nc(C2CCCCC2)cs1. The lowest BCUT2D eigenvalue weighted by Crippen LogP contribution is -2.14. The van der Waals surface area contributed by atoms with Crippen molar-refractivity contribution in [3.63, 3.8) is 0 Å². The fourth-order valence-electron chi connectivity index (χ4n) is 2.60. The molecule has 17 heavy (non-hydrogen) atoms. The van der Waals surface area contributed by atoms with E-state index < -0.39 is 0 Å². The maximum atomic E-state index is 5.76. The highest BCUT2D eigenvalue weighted by Gasteiger charge is 2.17. The van der Waals surface area contributed by atoms with Gasteiger partial charge in [-0.1, -0.05) is 19.3 Å². The van der Waals surface area contributed by atoms with Crippen LogP contribution in [-0.4, -0.2) is 11.0 Å². The lowest BCUT2D eigenvalue weighted by molar-refractivity contribution is 0.437. The van der Waals surface area contributed by atoms with Gasteiger partial charge in [-0.05, 0) is 39.0 Å². The summed E-state index contributed by atoms with van der Waals surface area (Å²) in [4.78, 5) is 4.81. The van der Waals surface area contributed by atoms with Gasteiger partial charge in [0.25, 0.3) is 0 Å². The maximum Gasteiger partial charge on any atom is 0.0928 e. The molecule has 2 N–H and O–H groups in total. The monoisotopic (exact) mass is 252 g/mol. The van der Waals surface area contributed by atoms with Gasteiger partial charge in [-0.25, -0.2) is 4.98 Å². The molecular formula is C14H24N2S. The zero-order valence-electron chi connectivity index (χ0n) is 10.8. The van der Waals surface area contributed by atoms with E-state index >= 15 is 0 Å². The van der Waals surface area contributed by atoms with Gasteiger partial charge in [-0.15, -0.1) is 11.3 Å². The molecule has 0 amide bonds. The maximum absolute atomic E-state index is 5.76. The zero-order valence-corrected chi connectivity index (χ0v) is 11.6. The smallest absolute Gasteiger partial charge is 0.0928 e. The van der Waals surface area contributed by atoms with E-state index in [1.165, 1.54) is 49.2 Å². The molecule has 1 atom stereocenters. The van der Waals surface area contributed by atoms with Crippen molar-refractivity contribution in [1.82, 2.24) is 4.98 Å². The van der Waals surface area contributed by atoms with Crippen LogP contribution in [0.2, 0.25) is 0 Å². The van der Waals surface area contributed by atoms with E-state index in [-0.39, 0.29) is 0 Å². The van der Waals surface area contributed by atoms with E-state index in [1.807, 2.05) is 11.3 Å². The highest BCUT2D eigenvalue weighted by atomic mass is 32.1. The Balaban J connectivity index is 1.82. The summed E-state index contributed by atoms with van der Waals surface area (Å²) in [5.74, 6) is 0.752. The average molecular weight is 252 g/mol. The Bertz CT molecular complexity index is 327. The van der Waals surface area contributed by atoms with Gasteiger partial charge >= 0.3 is 0 Å². The molecule has 1 aromatic heterocycles. The third-order valence-electron chi connectivity index (χ3n) is 3.64. The Kier molecular flexibility index (Phi) is 4.99. The number of hydrogen-bond acceptors (Lipinski definition) is 3. The lowest BCUT2D eigenvalue weighted by Gasteiger charge is -2.19. The summed E-state index contributed by atoms with van der Waals surface area (Å²) in [6.07, 6.45) is 10.3. The van der Waals surface area contributed by atoms with Crippen LogP contribution in [0.25, 0.3) is 0 Å². The average Bonchev–Trinajstić information content (AvgIpc) is 2.78. The molecular weight excluding hydrogens is 228 g/mol. The van der Waals surface area contributed by atoms with Gasteiger partial charge in [-0.2, -0.15) is 0 Å². The molecule has 1 fully saturated rings. The summed E-state index contributed by atoms with van der Waals surface area (Å²) in [7, 11) is 0. The first kappa shape index (κ1) is 13.0. The first-order chi connectivity index (χ1) is 8.25. The van der Waals surface area contributed by atoms with Gasteiger partial charge in [0.05, 0.1) is 10.7 Å². The van der Waals surface area contributed by atoms with Gasteiger partial charge in [0.15, 0.2) is 0 Å². The zero-order chi connectivity index (χ0) is 12.1. The van der Waals surface area contributed by atoms with Gasteiger partial charge in [-0.3, -0.25) is 0 Å². The van der Waals surface area contributed by atoms with Crippen molar-refractivity contribution in [2.24, 2.45) is 5.73 Å². The van der Waals surface area contributed by atoms with Crippen LogP contribution in [0.4, 0.5) is 0 Å². The third-order valence-corrected chi connectivity index (χ3v) is 4.57. The first-order valence-corrected chi connectivity index (χ1v) is 7.83. The molecule has 3 heteroatoms. The van der Waals surface area contributed by atoms with E-state index in [4.69, 9.17) is 10.7 Å². The largest absolute Gasteiger partial charge is 0.328 e. The van der Waals surface area contributed by atoms with E-state index in [2.05, 4.69) is 12.3 Å².